The summed E-state index contributed by atoms with van der Waals surface area (Å²) in [5, 5.41) is 0. The Balaban J connectivity index is 3.06. The van der Waals surface area contributed by atoms with Crippen LogP contribution < -0.4 is 0 Å². The molecule has 0 radical (unpaired) electrons. The van der Waals surface area contributed by atoms with E-state index in [9.17, 15) is 8.42 Å². The second kappa shape index (κ2) is 5.66. The molecule has 1 rings (SSSR count). The van der Waals surface area contributed by atoms with Gasteiger partial charge in [-0.3, -0.25) is 0 Å². The van der Waals surface area contributed by atoms with E-state index in [1.54, 1.807) is 12.1 Å². The first-order valence-electron chi connectivity index (χ1n) is 5.15. The van der Waals surface area contributed by atoms with Crippen molar-refractivity contribution in [1.29, 1.82) is 0 Å². The summed E-state index contributed by atoms with van der Waals surface area (Å²) in [6, 6.07) is 6.55. The third kappa shape index (κ3) is 3.47. The Morgan fingerprint density at radius 3 is 2.56 bits per heavy atom. The molecular weight excluding hydrogens is 248 g/mol. The molecule has 0 N–H and O–H groups in total. The standard InChI is InChI=1S/C11H15ClO3S/c1-3-11(15-4-2)9-6-5-7-10(8-9)16(12,13)14/h5-8,11H,3-4H2,1-2H3/t11-/m1/s1. The summed E-state index contributed by atoms with van der Waals surface area (Å²) in [4.78, 5) is 0.116. The van der Waals surface area contributed by atoms with Crippen LogP contribution in [0.25, 0.3) is 0 Å². The average Bonchev–Trinajstić information content (AvgIpc) is 2.25. The van der Waals surface area contributed by atoms with E-state index in [1.165, 1.54) is 6.07 Å². The topological polar surface area (TPSA) is 43.4 Å². The summed E-state index contributed by atoms with van der Waals surface area (Å²) in [6.45, 7) is 4.49. The van der Waals surface area contributed by atoms with Gasteiger partial charge in [0.2, 0.25) is 0 Å². The normalized spacial score (nSPS) is 13.7. The molecule has 0 aliphatic carbocycles. The zero-order valence-corrected chi connectivity index (χ0v) is 10.9. The number of hydrogen-bond donors (Lipinski definition) is 0. The van der Waals surface area contributed by atoms with Gasteiger partial charge in [-0.05, 0) is 31.0 Å². The molecule has 1 aromatic carbocycles. The van der Waals surface area contributed by atoms with Gasteiger partial charge in [-0.15, -0.1) is 0 Å². The van der Waals surface area contributed by atoms with Gasteiger partial charge in [-0.25, -0.2) is 8.42 Å². The molecule has 0 aromatic heterocycles. The lowest BCUT2D eigenvalue weighted by molar-refractivity contribution is 0.0597. The maximum Gasteiger partial charge on any atom is 0.261 e. The molecule has 0 aliphatic rings. The lowest BCUT2D eigenvalue weighted by Crippen LogP contribution is -2.04. The van der Waals surface area contributed by atoms with E-state index in [0.29, 0.717) is 6.61 Å². The molecule has 0 saturated carbocycles. The van der Waals surface area contributed by atoms with Crippen molar-refractivity contribution < 1.29 is 13.2 Å². The van der Waals surface area contributed by atoms with Gasteiger partial charge in [-0.1, -0.05) is 19.1 Å². The first-order valence-corrected chi connectivity index (χ1v) is 7.46. The molecule has 16 heavy (non-hydrogen) atoms. The Bertz CT molecular complexity index is 442. The maximum absolute atomic E-state index is 11.2. The summed E-state index contributed by atoms with van der Waals surface area (Å²) < 4.78 is 27.9. The van der Waals surface area contributed by atoms with Crippen molar-refractivity contribution in [2.75, 3.05) is 6.61 Å². The zero-order valence-electron chi connectivity index (χ0n) is 9.31. The Labute approximate surface area is 101 Å². The Kier molecular flexibility index (Phi) is 4.77. The fourth-order valence-electron chi connectivity index (χ4n) is 1.52. The maximum atomic E-state index is 11.2. The van der Waals surface area contributed by atoms with Gasteiger partial charge in [-0.2, -0.15) is 0 Å². The van der Waals surface area contributed by atoms with E-state index < -0.39 is 9.05 Å². The molecule has 0 bridgehead atoms. The van der Waals surface area contributed by atoms with Gasteiger partial charge < -0.3 is 4.74 Å². The molecule has 0 fully saturated rings. The van der Waals surface area contributed by atoms with Crippen LogP contribution in [0, 0.1) is 0 Å². The third-order valence-electron chi connectivity index (χ3n) is 2.25. The van der Waals surface area contributed by atoms with Crippen LogP contribution in [0.4, 0.5) is 0 Å². The average molecular weight is 263 g/mol. The fourth-order valence-corrected chi connectivity index (χ4v) is 2.32. The summed E-state index contributed by atoms with van der Waals surface area (Å²) in [5.41, 5.74) is 0.839. The summed E-state index contributed by atoms with van der Waals surface area (Å²) in [5.74, 6) is 0. The Morgan fingerprint density at radius 2 is 2.06 bits per heavy atom. The smallest absolute Gasteiger partial charge is 0.261 e. The first kappa shape index (κ1) is 13.5. The van der Waals surface area contributed by atoms with Crippen LogP contribution in [0.5, 0.6) is 0 Å². The van der Waals surface area contributed by atoms with Gasteiger partial charge >= 0.3 is 0 Å². The molecular formula is C11H15ClO3S. The summed E-state index contributed by atoms with van der Waals surface area (Å²) >= 11 is 0. The number of rotatable bonds is 5. The van der Waals surface area contributed by atoms with Gasteiger partial charge in [0.1, 0.15) is 0 Å². The minimum Gasteiger partial charge on any atom is -0.374 e. The van der Waals surface area contributed by atoms with Crippen molar-refractivity contribution in [2.45, 2.75) is 31.3 Å². The van der Waals surface area contributed by atoms with Crippen molar-refractivity contribution in [3.63, 3.8) is 0 Å². The highest BCUT2D eigenvalue weighted by molar-refractivity contribution is 8.13. The SMILES string of the molecule is CCO[C@H](CC)c1cccc(S(=O)(=O)Cl)c1. The van der Waals surface area contributed by atoms with Crippen molar-refractivity contribution in [3.8, 4) is 0 Å². The summed E-state index contributed by atoms with van der Waals surface area (Å²) in [6.07, 6.45) is 0.711. The molecule has 1 atom stereocenters. The summed E-state index contributed by atoms with van der Waals surface area (Å²) in [7, 11) is 1.62. The van der Waals surface area contributed by atoms with E-state index in [2.05, 4.69) is 0 Å². The molecule has 5 heteroatoms. The van der Waals surface area contributed by atoms with Gasteiger partial charge in [0, 0.05) is 17.3 Å². The third-order valence-corrected chi connectivity index (χ3v) is 3.60. The highest BCUT2D eigenvalue weighted by atomic mass is 35.7. The molecule has 0 aliphatic heterocycles. The first-order chi connectivity index (χ1) is 7.49. The van der Waals surface area contributed by atoms with Crippen LogP contribution in [0.1, 0.15) is 31.9 Å². The molecule has 0 unspecified atom stereocenters. The minimum atomic E-state index is -3.67. The van der Waals surface area contributed by atoms with Crippen molar-refractivity contribution >= 4 is 19.7 Å². The second-order valence-electron chi connectivity index (χ2n) is 3.36. The van der Waals surface area contributed by atoms with Crippen LogP contribution in [0.15, 0.2) is 29.2 Å². The van der Waals surface area contributed by atoms with E-state index >= 15 is 0 Å². The van der Waals surface area contributed by atoms with Gasteiger partial charge in [0.15, 0.2) is 0 Å². The molecule has 0 spiro atoms. The lowest BCUT2D eigenvalue weighted by atomic mass is 10.1. The van der Waals surface area contributed by atoms with Crippen LogP contribution in [-0.4, -0.2) is 15.0 Å². The number of halogens is 1. The van der Waals surface area contributed by atoms with E-state index in [0.717, 1.165) is 12.0 Å². The quantitative estimate of drug-likeness (QED) is 0.766. The molecule has 90 valence electrons. The number of ether oxygens (including phenoxy) is 1. The molecule has 3 nitrogen and oxygen atoms in total. The van der Waals surface area contributed by atoms with Crippen molar-refractivity contribution in [3.05, 3.63) is 29.8 Å². The highest BCUT2D eigenvalue weighted by Crippen LogP contribution is 2.24. The fraction of sp³-hybridized carbons (Fsp3) is 0.455. The number of benzene rings is 1. The Morgan fingerprint density at radius 1 is 1.38 bits per heavy atom. The number of hydrogen-bond acceptors (Lipinski definition) is 3. The second-order valence-corrected chi connectivity index (χ2v) is 5.93. The van der Waals surface area contributed by atoms with E-state index in [4.69, 9.17) is 15.4 Å². The molecule has 0 amide bonds. The van der Waals surface area contributed by atoms with Crippen LogP contribution in [-0.2, 0) is 13.8 Å². The van der Waals surface area contributed by atoms with Crippen LogP contribution in [0.2, 0.25) is 0 Å². The van der Waals surface area contributed by atoms with E-state index in [1.807, 2.05) is 19.9 Å². The van der Waals surface area contributed by atoms with Gasteiger partial charge in [0.05, 0.1) is 11.0 Å². The van der Waals surface area contributed by atoms with Gasteiger partial charge in [0.25, 0.3) is 9.05 Å². The van der Waals surface area contributed by atoms with Crippen LogP contribution >= 0.6 is 10.7 Å². The largest absolute Gasteiger partial charge is 0.374 e. The minimum absolute atomic E-state index is 0.0802. The van der Waals surface area contributed by atoms with Crippen LogP contribution in [0.3, 0.4) is 0 Å². The van der Waals surface area contributed by atoms with Crippen molar-refractivity contribution in [1.82, 2.24) is 0 Å². The van der Waals surface area contributed by atoms with Crippen molar-refractivity contribution in [2.24, 2.45) is 0 Å². The molecule has 1 aromatic rings. The lowest BCUT2D eigenvalue weighted by Gasteiger charge is -2.15. The highest BCUT2D eigenvalue weighted by Gasteiger charge is 2.14. The monoisotopic (exact) mass is 262 g/mol. The zero-order chi connectivity index (χ0) is 12.2. The Hall–Kier alpha value is -0.580. The predicted molar refractivity (Wildman–Crippen MR) is 64.1 cm³/mol. The predicted octanol–water partition coefficient (Wildman–Crippen LogP) is 3.10. The molecule has 0 saturated heterocycles. The van der Waals surface area contributed by atoms with E-state index in [-0.39, 0.29) is 11.0 Å². The molecule has 0 heterocycles.